The molecule has 1 unspecified atom stereocenters. The van der Waals surface area contributed by atoms with Crippen molar-refractivity contribution in [3.8, 4) is 5.75 Å². The summed E-state index contributed by atoms with van der Waals surface area (Å²) in [6.45, 7) is 2.09. The van der Waals surface area contributed by atoms with E-state index in [2.05, 4.69) is 20.4 Å². The van der Waals surface area contributed by atoms with E-state index in [4.69, 9.17) is 4.74 Å². The molecule has 2 aliphatic rings. The van der Waals surface area contributed by atoms with Crippen molar-refractivity contribution < 1.29 is 23.1 Å². The highest BCUT2D eigenvalue weighted by atomic mass is 19.1. The van der Waals surface area contributed by atoms with Crippen molar-refractivity contribution in [1.29, 1.82) is 0 Å². The molecular formula is C26H25F2N5O3. The van der Waals surface area contributed by atoms with Gasteiger partial charge >= 0.3 is 0 Å². The maximum absolute atomic E-state index is 13.5. The molecule has 1 N–H and O–H groups in total. The normalized spacial score (nSPS) is 19.4. The first-order valence-corrected chi connectivity index (χ1v) is 11.8. The van der Waals surface area contributed by atoms with Gasteiger partial charge in [-0.05, 0) is 55.0 Å². The molecule has 1 aromatic heterocycles. The molecule has 0 aliphatic carbocycles. The molecule has 2 atom stereocenters. The summed E-state index contributed by atoms with van der Waals surface area (Å²) < 4.78 is 32.9. The lowest BCUT2D eigenvalue weighted by atomic mass is 10.1. The lowest BCUT2D eigenvalue weighted by Gasteiger charge is -2.18. The molecule has 3 heterocycles. The highest BCUT2D eigenvalue weighted by Crippen LogP contribution is 2.25. The SMILES string of the molecule is O=C(Nc1ccc(O[C@@H]2CCN(C(=O)c3cc(F)cc(F)c3)C2)cc1)C1CCN(c2cccnn2)C1. The molecule has 0 saturated carbocycles. The Balaban J connectivity index is 1.11. The number of halogens is 2. The van der Waals surface area contributed by atoms with Crippen LogP contribution >= 0.6 is 0 Å². The summed E-state index contributed by atoms with van der Waals surface area (Å²) in [4.78, 5) is 28.9. The maximum atomic E-state index is 13.5. The lowest BCUT2D eigenvalue weighted by Crippen LogP contribution is -2.31. The zero-order valence-electron chi connectivity index (χ0n) is 19.4. The lowest BCUT2D eigenvalue weighted by molar-refractivity contribution is -0.119. The Labute approximate surface area is 206 Å². The molecule has 2 aromatic carbocycles. The Bertz CT molecular complexity index is 1220. The number of likely N-dealkylation sites (tertiary alicyclic amines) is 1. The van der Waals surface area contributed by atoms with Crippen LogP contribution in [0.1, 0.15) is 23.2 Å². The predicted molar refractivity (Wildman–Crippen MR) is 129 cm³/mol. The first kappa shape index (κ1) is 23.7. The van der Waals surface area contributed by atoms with Crippen LogP contribution in [0.4, 0.5) is 20.3 Å². The van der Waals surface area contributed by atoms with Crippen molar-refractivity contribution in [2.45, 2.75) is 18.9 Å². The summed E-state index contributed by atoms with van der Waals surface area (Å²) in [6.07, 6.45) is 2.72. The minimum absolute atomic E-state index is 0.0182. The summed E-state index contributed by atoms with van der Waals surface area (Å²) in [7, 11) is 0. The molecule has 2 fully saturated rings. The number of rotatable bonds is 6. The van der Waals surface area contributed by atoms with Gasteiger partial charge in [-0.1, -0.05) is 0 Å². The van der Waals surface area contributed by atoms with Gasteiger partial charge in [-0.25, -0.2) is 8.78 Å². The van der Waals surface area contributed by atoms with Crippen LogP contribution in [0.2, 0.25) is 0 Å². The fourth-order valence-electron chi connectivity index (χ4n) is 4.57. The molecule has 2 amide bonds. The van der Waals surface area contributed by atoms with Crippen LogP contribution in [0.15, 0.2) is 60.8 Å². The van der Waals surface area contributed by atoms with E-state index >= 15 is 0 Å². The molecule has 0 radical (unpaired) electrons. The van der Waals surface area contributed by atoms with Crippen LogP contribution in [-0.4, -0.2) is 59.2 Å². The Morgan fingerprint density at radius 3 is 2.47 bits per heavy atom. The smallest absolute Gasteiger partial charge is 0.254 e. The van der Waals surface area contributed by atoms with Gasteiger partial charge in [0.15, 0.2) is 5.82 Å². The third-order valence-electron chi connectivity index (χ3n) is 6.41. The van der Waals surface area contributed by atoms with Crippen molar-refractivity contribution in [3.05, 3.63) is 78.0 Å². The molecule has 2 aliphatic heterocycles. The van der Waals surface area contributed by atoms with Crippen molar-refractivity contribution >= 4 is 23.3 Å². The molecule has 186 valence electrons. The van der Waals surface area contributed by atoms with Gasteiger partial charge in [0.1, 0.15) is 23.5 Å². The van der Waals surface area contributed by atoms with Crippen LogP contribution in [0.3, 0.4) is 0 Å². The Kier molecular flexibility index (Phi) is 6.75. The van der Waals surface area contributed by atoms with Gasteiger partial charge in [0.2, 0.25) is 5.91 Å². The van der Waals surface area contributed by atoms with Crippen molar-refractivity contribution in [2.24, 2.45) is 5.92 Å². The van der Waals surface area contributed by atoms with Crippen molar-refractivity contribution in [3.63, 3.8) is 0 Å². The molecule has 0 bridgehead atoms. The Hall–Kier alpha value is -4.08. The monoisotopic (exact) mass is 493 g/mol. The highest BCUT2D eigenvalue weighted by Gasteiger charge is 2.30. The third-order valence-corrected chi connectivity index (χ3v) is 6.41. The largest absolute Gasteiger partial charge is 0.489 e. The average Bonchev–Trinajstić information content (AvgIpc) is 3.55. The Morgan fingerprint density at radius 1 is 0.972 bits per heavy atom. The molecule has 36 heavy (non-hydrogen) atoms. The van der Waals surface area contributed by atoms with Crippen LogP contribution < -0.4 is 15.0 Å². The van der Waals surface area contributed by atoms with E-state index in [0.717, 1.165) is 37.0 Å². The van der Waals surface area contributed by atoms with Gasteiger partial charge in [0, 0.05) is 49.6 Å². The summed E-state index contributed by atoms with van der Waals surface area (Å²) in [5.41, 5.74) is 0.650. The van der Waals surface area contributed by atoms with Crippen molar-refractivity contribution in [1.82, 2.24) is 15.1 Å². The fourth-order valence-corrected chi connectivity index (χ4v) is 4.57. The number of aromatic nitrogens is 2. The van der Waals surface area contributed by atoms with Gasteiger partial charge in [-0.2, -0.15) is 5.10 Å². The zero-order valence-corrected chi connectivity index (χ0v) is 19.4. The summed E-state index contributed by atoms with van der Waals surface area (Å²) in [5.74, 6) is -0.808. The number of anilines is 2. The summed E-state index contributed by atoms with van der Waals surface area (Å²) in [5, 5.41) is 11.0. The zero-order chi connectivity index (χ0) is 25.1. The summed E-state index contributed by atoms with van der Waals surface area (Å²) >= 11 is 0. The highest BCUT2D eigenvalue weighted by molar-refractivity contribution is 5.94. The number of benzene rings is 2. The van der Waals surface area contributed by atoms with Gasteiger partial charge < -0.3 is 19.9 Å². The van der Waals surface area contributed by atoms with E-state index in [1.54, 1.807) is 30.5 Å². The van der Waals surface area contributed by atoms with E-state index in [-0.39, 0.29) is 23.5 Å². The number of nitrogens with zero attached hydrogens (tertiary/aromatic N) is 4. The average molecular weight is 494 g/mol. The van der Waals surface area contributed by atoms with Gasteiger partial charge in [0.05, 0.1) is 12.5 Å². The molecule has 5 rings (SSSR count). The number of nitrogens with one attached hydrogen (secondary N) is 1. The van der Waals surface area contributed by atoms with Gasteiger partial charge in [-0.3, -0.25) is 9.59 Å². The quantitative estimate of drug-likeness (QED) is 0.566. The van der Waals surface area contributed by atoms with E-state index in [1.165, 1.54) is 4.90 Å². The number of carbonyl (C=O) groups excluding carboxylic acids is 2. The molecule has 8 nitrogen and oxygen atoms in total. The molecule has 0 spiro atoms. The fraction of sp³-hybridized carbons (Fsp3) is 0.308. The van der Waals surface area contributed by atoms with Crippen LogP contribution in [0.25, 0.3) is 0 Å². The van der Waals surface area contributed by atoms with Gasteiger partial charge in [-0.15, -0.1) is 5.10 Å². The van der Waals surface area contributed by atoms with E-state index in [1.807, 2.05) is 12.1 Å². The number of carbonyl (C=O) groups is 2. The second kappa shape index (κ2) is 10.3. The van der Waals surface area contributed by atoms with E-state index < -0.39 is 17.5 Å². The number of amides is 2. The number of hydrogen-bond acceptors (Lipinski definition) is 6. The third kappa shape index (κ3) is 5.42. The van der Waals surface area contributed by atoms with E-state index in [9.17, 15) is 18.4 Å². The molecule has 3 aromatic rings. The topological polar surface area (TPSA) is 87.7 Å². The standard InChI is InChI=1S/C26H25F2N5O3/c27-19-12-18(13-20(28)14-19)26(35)33-11-8-23(16-33)36-22-5-3-21(4-6-22)30-25(34)17-7-10-32(15-17)24-2-1-9-29-31-24/h1-6,9,12-14,17,23H,7-8,10-11,15-16H2,(H,30,34)/t17?,23-/m1/s1. The van der Waals surface area contributed by atoms with Crippen LogP contribution in [0, 0.1) is 17.6 Å². The van der Waals surface area contributed by atoms with E-state index in [0.29, 0.717) is 37.5 Å². The van der Waals surface area contributed by atoms with Crippen molar-refractivity contribution in [2.75, 3.05) is 36.4 Å². The second-order valence-electron chi connectivity index (χ2n) is 8.96. The predicted octanol–water partition coefficient (Wildman–Crippen LogP) is 3.51. The maximum Gasteiger partial charge on any atom is 0.254 e. The van der Waals surface area contributed by atoms with Crippen LogP contribution in [-0.2, 0) is 4.79 Å². The second-order valence-corrected chi connectivity index (χ2v) is 8.96. The first-order valence-electron chi connectivity index (χ1n) is 11.8. The first-order chi connectivity index (χ1) is 17.4. The molecule has 2 saturated heterocycles. The Morgan fingerprint density at radius 2 is 1.75 bits per heavy atom. The number of ether oxygens (including phenoxy) is 1. The summed E-state index contributed by atoms with van der Waals surface area (Å²) in [6, 6.07) is 13.6. The number of hydrogen-bond donors (Lipinski definition) is 1. The molecule has 10 heteroatoms. The van der Waals surface area contributed by atoms with Crippen LogP contribution in [0.5, 0.6) is 5.75 Å². The molecular weight excluding hydrogens is 468 g/mol. The minimum atomic E-state index is -0.784. The van der Waals surface area contributed by atoms with Gasteiger partial charge in [0.25, 0.3) is 5.91 Å². The minimum Gasteiger partial charge on any atom is -0.489 e.